The summed E-state index contributed by atoms with van der Waals surface area (Å²) in [6.07, 6.45) is 6.42. The van der Waals surface area contributed by atoms with Gasteiger partial charge in [-0.1, -0.05) is 13.8 Å². The first-order chi connectivity index (χ1) is 8.17. The van der Waals surface area contributed by atoms with Gasteiger partial charge in [0.25, 0.3) is 0 Å². The van der Waals surface area contributed by atoms with Crippen LogP contribution in [-0.2, 0) is 0 Å². The predicted molar refractivity (Wildman–Crippen MR) is 67.4 cm³/mol. The van der Waals surface area contributed by atoms with Crippen molar-refractivity contribution in [3.63, 3.8) is 0 Å². The zero-order chi connectivity index (χ0) is 12.5. The first-order valence-corrected chi connectivity index (χ1v) is 6.45. The molecule has 0 radical (unpaired) electrons. The maximum atomic E-state index is 13.2. The summed E-state index contributed by atoms with van der Waals surface area (Å²) in [5, 5.41) is 3.39. The predicted octanol–water partition coefficient (Wildman–Crippen LogP) is 3.10. The van der Waals surface area contributed by atoms with E-state index in [1.807, 2.05) is 13.2 Å². The Kier molecular flexibility index (Phi) is 3.48. The average Bonchev–Trinajstić information content (AvgIpc) is 2.30. The van der Waals surface area contributed by atoms with Crippen LogP contribution in [0.5, 0.6) is 0 Å². The molecule has 1 aromatic rings. The molecule has 0 bridgehead atoms. The molecule has 94 valence electrons. The molecule has 0 amide bonds. The molecule has 1 aromatic heterocycles. The molecule has 1 aliphatic carbocycles. The molecule has 1 saturated carbocycles. The highest BCUT2D eigenvalue weighted by Gasteiger charge is 2.52. The van der Waals surface area contributed by atoms with E-state index in [9.17, 15) is 4.39 Å². The SMILES string of the molecule is CCC1(CC)C(NC)CC1c1cncc(F)c1. The summed E-state index contributed by atoms with van der Waals surface area (Å²) < 4.78 is 13.2. The van der Waals surface area contributed by atoms with Crippen molar-refractivity contribution in [2.45, 2.75) is 45.1 Å². The summed E-state index contributed by atoms with van der Waals surface area (Å²) in [6, 6.07) is 2.19. The molecule has 2 rings (SSSR count). The van der Waals surface area contributed by atoms with Crippen molar-refractivity contribution >= 4 is 0 Å². The van der Waals surface area contributed by atoms with Crippen molar-refractivity contribution in [2.24, 2.45) is 5.41 Å². The Morgan fingerprint density at radius 3 is 2.65 bits per heavy atom. The smallest absolute Gasteiger partial charge is 0.141 e. The van der Waals surface area contributed by atoms with E-state index in [4.69, 9.17) is 0 Å². The molecule has 3 heteroatoms. The van der Waals surface area contributed by atoms with Crippen LogP contribution in [0, 0.1) is 11.2 Å². The fourth-order valence-corrected chi connectivity index (χ4v) is 3.52. The van der Waals surface area contributed by atoms with Crippen LogP contribution in [0.15, 0.2) is 18.5 Å². The Balaban J connectivity index is 2.28. The largest absolute Gasteiger partial charge is 0.316 e. The highest BCUT2D eigenvalue weighted by atomic mass is 19.1. The van der Waals surface area contributed by atoms with Crippen LogP contribution in [0.2, 0.25) is 0 Å². The molecule has 1 heterocycles. The molecule has 0 spiro atoms. The van der Waals surface area contributed by atoms with Gasteiger partial charge in [0.2, 0.25) is 0 Å². The minimum absolute atomic E-state index is 0.225. The zero-order valence-corrected chi connectivity index (χ0v) is 10.8. The van der Waals surface area contributed by atoms with Gasteiger partial charge >= 0.3 is 0 Å². The van der Waals surface area contributed by atoms with Gasteiger partial charge in [0.15, 0.2) is 0 Å². The average molecular weight is 236 g/mol. The minimum atomic E-state index is -0.225. The molecule has 0 aliphatic heterocycles. The first kappa shape index (κ1) is 12.5. The highest BCUT2D eigenvalue weighted by Crippen LogP contribution is 2.57. The van der Waals surface area contributed by atoms with Crippen LogP contribution in [-0.4, -0.2) is 18.1 Å². The van der Waals surface area contributed by atoms with Crippen molar-refractivity contribution in [3.8, 4) is 0 Å². The van der Waals surface area contributed by atoms with Crippen LogP contribution in [0.25, 0.3) is 0 Å². The molecular weight excluding hydrogens is 215 g/mol. The summed E-state index contributed by atoms with van der Waals surface area (Å²) in [5.74, 6) is 0.217. The Bertz CT molecular complexity index is 388. The monoisotopic (exact) mass is 236 g/mol. The minimum Gasteiger partial charge on any atom is -0.316 e. The lowest BCUT2D eigenvalue weighted by molar-refractivity contribution is 0.0242. The van der Waals surface area contributed by atoms with Gasteiger partial charge < -0.3 is 5.32 Å². The Labute approximate surface area is 103 Å². The van der Waals surface area contributed by atoms with Crippen molar-refractivity contribution in [2.75, 3.05) is 7.05 Å². The molecule has 2 unspecified atom stereocenters. The van der Waals surface area contributed by atoms with Crippen molar-refractivity contribution in [1.82, 2.24) is 10.3 Å². The molecule has 1 N–H and O–H groups in total. The summed E-state index contributed by atoms with van der Waals surface area (Å²) in [4.78, 5) is 3.98. The molecule has 0 saturated heterocycles. The lowest BCUT2D eigenvalue weighted by Gasteiger charge is -2.56. The number of halogens is 1. The van der Waals surface area contributed by atoms with Gasteiger partial charge in [-0.05, 0) is 49.3 Å². The van der Waals surface area contributed by atoms with E-state index in [2.05, 4.69) is 24.1 Å². The number of rotatable bonds is 4. The van der Waals surface area contributed by atoms with Gasteiger partial charge in [0, 0.05) is 12.2 Å². The number of hydrogen-bond donors (Lipinski definition) is 1. The second-order valence-electron chi connectivity index (χ2n) is 5.01. The molecule has 1 aliphatic rings. The highest BCUT2D eigenvalue weighted by molar-refractivity contribution is 5.26. The molecule has 1 fully saturated rings. The van der Waals surface area contributed by atoms with Gasteiger partial charge in [-0.15, -0.1) is 0 Å². The fraction of sp³-hybridized carbons (Fsp3) is 0.643. The summed E-state index contributed by atoms with van der Waals surface area (Å²) in [7, 11) is 2.02. The summed E-state index contributed by atoms with van der Waals surface area (Å²) in [5.41, 5.74) is 1.32. The van der Waals surface area contributed by atoms with E-state index >= 15 is 0 Å². The fourth-order valence-electron chi connectivity index (χ4n) is 3.52. The number of nitrogens with zero attached hydrogens (tertiary/aromatic N) is 1. The topological polar surface area (TPSA) is 24.9 Å². The van der Waals surface area contributed by atoms with E-state index in [1.165, 1.54) is 6.20 Å². The van der Waals surface area contributed by atoms with Crippen molar-refractivity contribution in [1.29, 1.82) is 0 Å². The maximum absolute atomic E-state index is 13.2. The van der Waals surface area contributed by atoms with Crippen molar-refractivity contribution < 1.29 is 4.39 Å². The van der Waals surface area contributed by atoms with E-state index in [1.54, 1.807) is 6.07 Å². The van der Waals surface area contributed by atoms with Gasteiger partial charge in [-0.25, -0.2) is 4.39 Å². The van der Waals surface area contributed by atoms with E-state index in [0.29, 0.717) is 12.0 Å². The zero-order valence-electron chi connectivity index (χ0n) is 10.8. The third-order valence-corrected chi connectivity index (χ3v) is 4.65. The van der Waals surface area contributed by atoms with Crippen LogP contribution in [0.4, 0.5) is 4.39 Å². The van der Waals surface area contributed by atoms with Crippen LogP contribution in [0.1, 0.15) is 44.6 Å². The quantitative estimate of drug-likeness (QED) is 0.869. The third-order valence-electron chi connectivity index (χ3n) is 4.65. The number of pyridine rings is 1. The Morgan fingerprint density at radius 2 is 2.12 bits per heavy atom. The van der Waals surface area contributed by atoms with Crippen LogP contribution >= 0.6 is 0 Å². The summed E-state index contributed by atoms with van der Waals surface area (Å²) in [6.45, 7) is 4.46. The lowest BCUT2D eigenvalue weighted by atomic mass is 9.52. The standard InChI is InChI=1S/C14H21FN2/c1-4-14(5-2)12(7-13(14)16-3)10-6-11(15)9-17-8-10/h6,8-9,12-13,16H,4-5,7H2,1-3H3. The van der Waals surface area contributed by atoms with Gasteiger partial charge in [0.1, 0.15) is 5.82 Å². The molecular formula is C14H21FN2. The van der Waals surface area contributed by atoms with E-state index in [0.717, 1.165) is 24.8 Å². The van der Waals surface area contributed by atoms with E-state index < -0.39 is 0 Å². The van der Waals surface area contributed by atoms with Crippen molar-refractivity contribution in [3.05, 3.63) is 29.8 Å². The first-order valence-electron chi connectivity index (χ1n) is 6.45. The van der Waals surface area contributed by atoms with Crippen LogP contribution < -0.4 is 5.32 Å². The molecule has 0 aromatic carbocycles. The van der Waals surface area contributed by atoms with E-state index in [-0.39, 0.29) is 11.2 Å². The van der Waals surface area contributed by atoms with Gasteiger partial charge in [-0.3, -0.25) is 4.98 Å². The van der Waals surface area contributed by atoms with Crippen LogP contribution in [0.3, 0.4) is 0 Å². The van der Waals surface area contributed by atoms with Gasteiger partial charge in [-0.2, -0.15) is 0 Å². The second kappa shape index (κ2) is 4.73. The molecule has 17 heavy (non-hydrogen) atoms. The maximum Gasteiger partial charge on any atom is 0.141 e. The summed E-state index contributed by atoms with van der Waals surface area (Å²) >= 11 is 0. The lowest BCUT2D eigenvalue weighted by Crippen LogP contribution is -2.57. The Hall–Kier alpha value is -0.960. The normalized spacial score (nSPS) is 26.6. The number of nitrogens with one attached hydrogen (secondary N) is 1. The number of aromatic nitrogens is 1. The second-order valence-corrected chi connectivity index (χ2v) is 5.01. The molecule has 2 atom stereocenters. The number of hydrogen-bond acceptors (Lipinski definition) is 2. The van der Waals surface area contributed by atoms with Gasteiger partial charge in [0.05, 0.1) is 6.20 Å². The third kappa shape index (κ3) is 1.86. The molecule has 2 nitrogen and oxygen atoms in total. The Morgan fingerprint density at radius 1 is 1.41 bits per heavy atom.